The lowest BCUT2D eigenvalue weighted by atomic mass is 10.2. The molecule has 2 N–H and O–H groups in total. The number of ether oxygens (including phenoxy) is 1. The van der Waals surface area contributed by atoms with Crippen molar-refractivity contribution in [1.29, 1.82) is 0 Å². The molecule has 0 aromatic heterocycles. The smallest absolute Gasteiger partial charge is 0.321 e. The Balaban J connectivity index is 3.18. The van der Waals surface area contributed by atoms with Crippen LogP contribution in [0.5, 0.6) is 0 Å². The number of rotatable bonds is 6. The molecule has 0 atom stereocenters. The summed E-state index contributed by atoms with van der Waals surface area (Å²) < 4.78 is 30.7. The molecule has 20 heavy (non-hydrogen) atoms. The average Bonchev–Trinajstić information content (AvgIpc) is 2.37. The van der Waals surface area contributed by atoms with Gasteiger partial charge in [-0.2, -0.15) is 4.31 Å². The summed E-state index contributed by atoms with van der Waals surface area (Å²) in [6, 6.07) is 4.72. The first-order valence-corrected chi connectivity index (χ1v) is 7.70. The van der Waals surface area contributed by atoms with E-state index in [4.69, 9.17) is 5.73 Å². The summed E-state index contributed by atoms with van der Waals surface area (Å²) in [5.41, 5.74) is 6.83. The second kappa shape index (κ2) is 6.71. The molecule has 0 amide bonds. The summed E-state index contributed by atoms with van der Waals surface area (Å²) in [5.74, 6) is -0.604. The van der Waals surface area contributed by atoms with E-state index in [1.165, 1.54) is 13.2 Å². The SMILES string of the molecule is CCCN(CC(=O)OC)S(=O)(=O)c1ccc(C)cc1N. The van der Waals surface area contributed by atoms with Gasteiger partial charge in [0.15, 0.2) is 0 Å². The minimum Gasteiger partial charge on any atom is -0.468 e. The Morgan fingerprint density at radius 3 is 2.55 bits per heavy atom. The molecule has 0 aliphatic heterocycles. The maximum atomic E-state index is 12.5. The van der Waals surface area contributed by atoms with E-state index in [0.29, 0.717) is 6.42 Å². The van der Waals surface area contributed by atoms with Gasteiger partial charge in [0.2, 0.25) is 10.0 Å². The molecule has 0 saturated heterocycles. The lowest BCUT2D eigenvalue weighted by molar-refractivity contribution is -0.140. The van der Waals surface area contributed by atoms with Gasteiger partial charge < -0.3 is 10.5 Å². The van der Waals surface area contributed by atoms with Gasteiger partial charge in [-0.3, -0.25) is 4.79 Å². The largest absolute Gasteiger partial charge is 0.468 e. The third kappa shape index (κ3) is 3.71. The van der Waals surface area contributed by atoms with Gasteiger partial charge >= 0.3 is 5.97 Å². The van der Waals surface area contributed by atoms with Crippen LogP contribution in [0, 0.1) is 6.92 Å². The molecule has 0 spiro atoms. The van der Waals surface area contributed by atoms with Crippen molar-refractivity contribution in [3.05, 3.63) is 23.8 Å². The zero-order valence-electron chi connectivity index (χ0n) is 11.9. The predicted molar refractivity (Wildman–Crippen MR) is 76.7 cm³/mol. The fraction of sp³-hybridized carbons (Fsp3) is 0.462. The Labute approximate surface area is 119 Å². The zero-order chi connectivity index (χ0) is 15.3. The van der Waals surface area contributed by atoms with Crippen molar-refractivity contribution >= 4 is 21.7 Å². The van der Waals surface area contributed by atoms with Crippen LogP contribution in [-0.4, -0.2) is 38.9 Å². The number of esters is 1. The topological polar surface area (TPSA) is 89.7 Å². The van der Waals surface area contributed by atoms with E-state index < -0.39 is 16.0 Å². The lowest BCUT2D eigenvalue weighted by Gasteiger charge is -2.21. The molecule has 0 saturated carbocycles. The van der Waals surface area contributed by atoms with Crippen molar-refractivity contribution in [2.45, 2.75) is 25.2 Å². The second-order valence-electron chi connectivity index (χ2n) is 4.46. The number of benzene rings is 1. The van der Waals surface area contributed by atoms with E-state index in [-0.39, 0.29) is 23.7 Å². The maximum absolute atomic E-state index is 12.5. The fourth-order valence-corrected chi connectivity index (χ4v) is 3.36. The van der Waals surface area contributed by atoms with E-state index >= 15 is 0 Å². The molecule has 0 unspecified atom stereocenters. The Hall–Kier alpha value is -1.60. The molecular weight excluding hydrogens is 280 g/mol. The fourth-order valence-electron chi connectivity index (χ4n) is 1.78. The van der Waals surface area contributed by atoms with Crippen molar-refractivity contribution in [2.75, 3.05) is 25.9 Å². The van der Waals surface area contributed by atoms with Crippen molar-refractivity contribution in [3.8, 4) is 0 Å². The van der Waals surface area contributed by atoms with E-state index in [1.54, 1.807) is 12.1 Å². The molecule has 0 fully saturated rings. The highest BCUT2D eigenvalue weighted by atomic mass is 32.2. The number of methoxy groups -OCH3 is 1. The van der Waals surface area contributed by atoms with Crippen LogP contribution in [0.3, 0.4) is 0 Å². The molecule has 0 aliphatic rings. The first-order chi connectivity index (χ1) is 9.32. The number of aryl methyl sites for hydroxylation is 1. The average molecular weight is 300 g/mol. The number of carbonyl (C=O) groups excluding carboxylic acids is 1. The Kier molecular flexibility index (Phi) is 5.52. The van der Waals surface area contributed by atoms with Gasteiger partial charge in [-0.1, -0.05) is 13.0 Å². The van der Waals surface area contributed by atoms with Gasteiger partial charge in [0, 0.05) is 6.54 Å². The number of nitrogen functional groups attached to an aromatic ring is 1. The van der Waals surface area contributed by atoms with E-state index in [2.05, 4.69) is 4.74 Å². The Morgan fingerprint density at radius 2 is 2.05 bits per heavy atom. The van der Waals surface area contributed by atoms with E-state index in [1.807, 2.05) is 13.8 Å². The number of sulfonamides is 1. The van der Waals surface area contributed by atoms with Gasteiger partial charge in [-0.15, -0.1) is 0 Å². The van der Waals surface area contributed by atoms with Crippen LogP contribution in [0.15, 0.2) is 23.1 Å². The van der Waals surface area contributed by atoms with Crippen molar-refractivity contribution in [1.82, 2.24) is 4.31 Å². The van der Waals surface area contributed by atoms with Crippen LogP contribution < -0.4 is 5.73 Å². The predicted octanol–water partition coefficient (Wildman–Crippen LogP) is 1.15. The standard InChI is InChI=1S/C13H20N2O4S/c1-4-7-15(9-13(16)19-3)20(17,18)12-6-5-10(2)8-11(12)14/h5-6,8H,4,7,9,14H2,1-3H3. The van der Waals surface area contributed by atoms with Crippen LogP contribution in [0.1, 0.15) is 18.9 Å². The van der Waals surface area contributed by atoms with E-state index in [9.17, 15) is 13.2 Å². The number of hydrogen-bond acceptors (Lipinski definition) is 5. The minimum atomic E-state index is -3.81. The maximum Gasteiger partial charge on any atom is 0.321 e. The Bertz CT molecular complexity index is 584. The molecule has 1 rings (SSSR count). The lowest BCUT2D eigenvalue weighted by Crippen LogP contribution is -2.37. The third-order valence-electron chi connectivity index (χ3n) is 2.79. The van der Waals surface area contributed by atoms with Gasteiger partial charge in [0.25, 0.3) is 0 Å². The quantitative estimate of drug-likeness (QED) is 0.629. The van der Waals surface area contributed by atoms with Gasteiger partial charge in [-0.25, -0.2) is 8.42 Å². The van der Waals surface area contributed by atoms with Crippen molar-refractivity contribution in [3.63, 3.8) is 0 Å². The molecule has 1 aromatic carbocycles. The summed E-state index contributed by atoms with van der Waals surface area (Å²) in [6.45, 7) is 3.56. The Morgan fingerprint density at radius 1 is 1.40 bits per heavy atom. The molecular formula is C13H20N2O4S. The summed E-state index contributed by atoms with van der Waals surface area (Å²) in [6.07, 6.45) is 0.585. The summed E-state index contributed by atoms with van der Waals surface area (Å²) in [4.78, 5) is 11.4. The van der Waals surface area contributed by atoms with Crippen LogP contribution in [-0.2, 0) is 19.6 Å². The monoisotopic (exact) mass is 300 g/mol. The van der Waals surface area contributed by atoms with Crippen LogP contribution >= 0.6 is 0 Å². The van der Waals surface area contributed by atoms with Crippen LogP contribution in [0.2, 0.25) is 0 Å². The van der Waals surface area contributed by atoms with Gasteiger partial charge in [-0.05, 0) is 31.0 Å². The molecule has 7 heteroatoms. The number of anilines is 1. The van der Waals surface area contributed by atoms with Gasteiger partial charge in [0.1, 0.15) is 11.4 Å². The highest BCUT2D eigenvalue weighted by Gasteiger charge is 2.28. The van der Waals surface area contributed by atoms with Crippen molar-refractivity contribution < 1.29 is 17.9 Å². The number of nitrogens with two attached hydrogens (primary N) is 1. The highest BCUT2D eigenvalue weighted by Crippen LogP contribution is 2.23. The van der Waals surface area contributed by atoms with E-state index in [0.717, 1.165) is 9.87 Å². The molecule has 0 aliphatic carbocycles. The normalized spacial score (nSPS) is 11.6. The molecule has 0 radical (unpaired) electrons. The van der Waals surface area contributed by atoms with Crippen LogP contribution in [0.4, 0.5) is 5.69 Å². The molecule has 6 nitrogen and oxygen atoms in total. The number of hydrogen-bond donors (Lipinski definition) is 1. The first-order valence-electron chi connectivity index (χ1n) is 6.26. The second-order valence-corrected chi connectivity index (χ2v) is 6.36. The third-order valence-corrected chi connectivity index (χ3v) is 4.71. The number of carbonyl (C=O) groups is 1. The molecule has 0 heterocycles. The number of nitrogens with zero attached hydrogens (tertiary/aromatic N) is 1. The minimum absolute atomic E-state index is 0.0143. The summed E-state index contributed by atoms with van der Waals surface area (Å²) >= 11 is 0. The first kappa shape index (κ1) is 16.5. The summed E-state index contributed by atoms with van der Waals surface area (Å²) in [5, 5.41) is 0. The molecule has 112 valence electrons. The molecule has 0 bridgehead atoms. The van der Waals surface area contributed by atoms with Crippen molar-refractivity contribution in [2.24, 2.45) is 0 Å². The van der Waals surface area contributed by atoms with Crippen LogP contribution in [0.25, 0.3) is 0 Å². The summed E-state index contributed by atoms with van der Waals surface area (Å²) in [7, 11) is -2.59. The van der Waals surface area contributed by atoms with Gasteiger partial charge in [0.05, 0.1) is 12.8 Å². The highest BCUT2D eigenvalue weighted by molar-refractivity contribution is 7.89. The molecule has 1 aromatic rings. The zero-order valence-corrected chi connectivity index (χ0v) is 12.7.